The standard InChI is InChI=1S/C19H29NO3/c1-4-19(22,5-2)13-20-18(21)12-15-8-6-7-14-11-16(23-3)9-10-17(14)15/h9-11,15,22H,4-8,12-13H2,1-3H3,(H,20,21). The quantitative estimate of drug-likeness (QED) is 0.811. The Kier molecular flexibility index (Phi) is 6.05. The number of carbonyl (C=O) groups excluding carboxylic acids is 1. The van der Waals surface area contributed by atoms with E-state index in [0.717, 1.165) is 25.0 Å². The minimum atomic E-state index is -0.784. The predicted molar refractivity (Wildman–Crippen MR) is 91.8 cm³/mol. The first-order chi connectivity index (χ1) is 11.0. The zero-order valence-corrected chi connectivity index (χ0v) is 14.5. The van der Waals surface area contributed by atoms with Gasteiger partial charge >= 0.3 is 0 Å². The Bertz CT molecular complexity index is 537. The summed E-state index contributed by atoms with van der Waals surface area (Å²) in [5.41, 5.74) is 1.79. The largest absolute Gasteiger partial charge is 0.497 e. The van der Waals surface area contributed by atoms with Gasteiger partial charge in [0, 0.05) is 13.0 Å². The minimum Gasteiger partial charge on any atom is -0.497 e. The molecule has 1 aliphatic carbocycles. The van der Waals surface area contributed by atoms with Gasteiger partial charge in [-0.2, -0.15) is 0 Å². The highest BCUT2D eigenvalue weighted by molar-refractivity contribution is 5.77. The number of nitrogens with one attached hydrogen (secondary N) is 1. The summed E-state index contributed by atoms with van der Waals surface area (Å²) in [6.07, 6.45) is 4.98. The van der Waals surface area contributed by atoms with Gasteiger partial charge in [-0.15, -0.1) is 0 Å². The molecule has 4 heteroatoms. The maximum atomic E-state index is 12.3. The van der Waals surface area contributed by atoms with Crippen LogP contribution in [0.15, 0.2) is 18.2 Å². The average Bonchev–Trinajstić information content (AvgIpc) is 2.59. The summed E-state index contributed by atoms with van der Waals surface area (Å²) < 4.78 is 5.29. The van der Waals surface area contributed by atoms with Crippen molar-refractivity contribution in [2.45, 2.75) is 63.9 Å². The molecular formula is C19H29NO3. The number of fused-ring (bicyclic) bond motifs is 1. The Morgan fingerprint density at radius 2 is 2.13 bits per heavy atom. The fourth-order valence-corrected chi connectivity index (χ4v) is 3.29. The predicted octanol–water partition coefficient (Wildman–Crippen LogP) is 3.17. The van der Waals surface area contributed by atoms with Crippen LogP contribution in [0.1, 0.15) is 63.0 Å². The maximum absolute atomic E-state index is 12.3. The van der Waals surface area contributed by atoms with Gasteiger partial charge in [0.2, 0.25) is 5.91 Å². The lowest BCUT2D eigenvalue weighted by Gasteiger charge is -2.28. The van der Waals surface area contributed by atoms with Gasteiger partial charge in [-0.25, -0.2) is 0 Å². The molecule has 1 aromatic carbocycles. The molecular weight excluding hydrogens is 290 g/mol. The second-order valence-electron chi connectivity index (χ2n) is 6.57. The molecule has 0 aliphatic heterocycles. The summed E-state index contributed by atoms with van der Waals surface area (Å²) in [5, 5.41) is 13.2. The molecule has 0 spiro atoms. The number of hydrogen-bond donors (Lipinski definition) is 2. The first-order valence-corrected chi connectivity index (χ1v) is 8.67. The van der Waals surface area contributed by atoms with E-state index in [4.69, 9.17) is 4.74 Å². The molecule has 4 nitrogen and oxygen atoms in total. The first kappa shape index (κ1) is 17.8. The van der Waals surface area contributed by atoms with Gasteiger partial charge in [0.1, 0.15) is 5.75 Å². The van der Waals surface area contributed by atoms with E-state index in [1.165, 1.54) is 11.1 Å². The highest BCUT2D eigenvalue weighted by Crippen LogP contribution is 2.35. The first-order valence-electron chi connectivity index (χ1n) is 8.67. The Hall–Kier alpha value is -1.55. The summed E-state index contributed by atoms with van der Waals surface area (Å²) in [7, 11) is 1.68. The minimum absolute atomic E-state index is 0.0268. The SMILES string of the molecule is CCC(O)(CC)CNC(=O)CC1CCCc2cc(OC)ccc21. The van der Waals surface area contributed by atoms with Gasteiger partial charge in [0.25, 0.3) is 0 Å². The Labute approximate surface area is 139 Å². The van der Waals surface area contributed by atoms with Crippen LogP contribution in [-0.4, -0.2) is 30.3 Å². The fourth-order valence-electron chi connectivity index (χ4n) is 3.29. The maximum Gasteiger partial charge on any atom is 0.220 e. The molecule has 2 rings (SSSR count). The third kappa shape index (κ3) is 4.47. The number of aryl methyl sites for hydroxylation is 1. The van der Waals surface area contributed by atoms with E-state index >= 15 is 0 Å². The van der Waals surface area contributed by atoms with E-state index < -0.39 is 5.60 Å². The molecule has 0 heterocycles. The second kappa shape index (κ2) is 7.82. The Morgan fingerprint density at radius 3 is 2.78 bits per heavy atom. The van der Waals surface area contributed by atoms with Crippen LogP contribution < -0.4 is 10.1 Å². The van der Waals surface area contributed by atoms with Gasteiger partial charge < -0.3 is 15.2 Å². The van der Waals surface area contributed by atoms with Crippen molar-refractivity contribution in [1.82, 2.24) is 5.32 Å². The lowest BCUT2D eigenvalue weighted by molar-refractivity contribution is -0.122. The van der Waals surface area contributed by atoms with Crippen molar-refractivity contribution in [2.24, 2.45) is 0 Å². The lowest BCUT2D eigenvalue weighted by atomic mass is 9.81. The molecule has 23 heavy (non-hydrogen) atoms. The van der Waals surface area contributed by atoms with Crippen LogP contribution in [0, 0.1) is 0 Å². The monoisotopic (exact) mass is 319 g/mol. The lowest BCUT2D eigenvalue weighted by Crippen LogP contribution is -2.42. The van der Waals surface area contributed by atoms with Crippen molar-refractivity contribution < 1.29 is 14.6 Å². The second-order valence-corrected chi connectivity index (χ2v) is 6.57. The number of methoxy groups -OCH3 is 1. The molecule has 0 fully saturated rings. The van der Waals surface area contributed by atoms with Crippen molar-refractivity contribution in [3.05, 3.63) is 29.3 Å². The van der Waals surface area contributed by atoms with E-state index in [2.05, 4.69) is 17.4 Å². The molecule has 128 valence electrons. The number of benzene rings is 1. The number of aliphatic hydroxyl groups is 1. The van der Waals surface area contributed by atoms with Crippen molar-refractivity contribution in [3.8, 4) is 5.75 Å². The smallest absolute Gasteiger partial charge is 0.220 e. The molecule has 0 aromatic heterocycles. The van der Waals surface area contributed by atoms with E-state index in [9.17, 15) is 9.90 Å². The number of hydrogen-bond acceptors (Lipinski definition) is 3. The van der Waals surface area contributed by atoms with Crippen LogP contribution in [0.4, 0.5) is 0 Å². The molecule has 1 unspecified atom stereocenters. The highest BCUT2D eigenvalue weighted by atomic mass is 16.5. The number of ether oxygens (including phenoxy) is 1. The van der Waals surface area contributed by atoms with Gasteiger partial charge in [-0.3, -0.25) is 4.79 Å². The zero-order chi connectivity index (χ0) is 16.9. The van der Waals surface area contributed by atoms with Crippen molar-refractivity contribution in [1.29, 1.82) is 0 Å². The van der Waals surface area contributed by atoms with Gasteiger partial charge in [0.15, 0.2) is 0 Å². The molecule has 1 aliphatic rings. The summed E-state index contributed by atoms with van der Waals surface area (Å²) >= 11 is 0. The average molecular weight is 319 g/mol. The number of carbonyl (C=O) groups is 1. The van der Waals surface area contributed by atoms with E-state index in [-0.39, 0.29) is 11.8 Å². The normalized spacial score (nSPS) is 17.5. The van der Waals surface area contributed by atoms with Crippen LogP contribution in [0.5, 0.6) is 5.75 Å². The van der Waals surface area contributed by atoms with Crippen molar-refractivity contribution >= 4 is 5.91 Å². The molecule has 0 saturated heterocycles. The third-order valence-electron chi connectivity index (χ3n) is 5.15. The molecule has 2 N–H and O–H groups in total. The Morgan fingerprint density at radius 1 is 1.39 bits per heavy atom. The Balaban J connectivity index is 1.98. The van der Waals surface area contributed by atoms with Gasteiger partial charge in [0.05, 0.1) is 12.7 Å². The van der Waals surface area contributed by atoms with Crippen LogP contribution in [0.2, 0.25) is 0 Å². The summed E-state index contributed by atoms with van der Waals surface area (Å²) in [6, 6.07) is 6.16. The molecule has 0 bridgehead atoms. The van der Waals surface area contributed by atoms with Crippen LogP contribution >= 0.6 is 0 Å². The summed E-state index contributed by atoms with van der Waals surface area (Å²) in [4.78, 5) is 12.3. The van der Waals surface area contributed by atoms with Crippen molar-refractivity contribution in [2.75, 3.05) is 13.7 Å². The van der Waals surface area contributed by atoms with E-state index in [1.54, 1.807) is 7.11 Å². The topological polar surface area (TPSA) is 58.6 Å². The molecule has 1 aromatic rings. The van der Waals surface area contributed by atoms with E-state index in [1.807, 2.05) is 19.9 Å². The van der Waals surface area contributed by atoms with Crippen LogP contribution in [0.25, 0.3) is 0 Å². The van der Waals surface area contributed by atoms with Crippen LogP contribution in [-0.2, 0) is 11.2 Å². The number of amides is 1. The molecule has 0 saturated carbocycles. The molecule has 0 radical (unpaired) electrons. The van der Waals surface area contributed by atoms with Gasteiger partial charge in [-0.05, 0) is 61.3 Å². The van der Waals surface area contributed by atoms with Crippen LogP contribution in [0.3, 0.4) is 0 Å². The van der Waals surface area contributed by atoms with Crippen molar-refractivity contribution in [3.63, 3.8) is 0 Å². The summed E-state index contributed by atoms with van der Waals surface area (Å²) in [5.74, 6) is 1.17. The number of rotatable bonds is 7. The fraction of sp³-hybridized carbons (Fsp3) is 0.632. The van der Waals surface area contributed by atoms with Gasteiger partial charge in [-0.1, -0.05) is 19.9 Å². The molecule has 1 amide bonds. The third-order valence-corrected chi connectivity index (χ3v) is 5.15. The highest BCUT2D eigenvalue weighted by Gasteiger charge is 2.26. The summed E-state index contributed by atoms with van der Waals surface area (Å²) in [6.45, 7) is 4.22. The van der Waals surface area contributed by atoms with E-state index in [0.29, 0.717) is 25.8 Å². The zero-order valence-electron chi connectivity index (χ0n) is 14.5. The molecule has 1 atom stereocenters.